The number of nitrogens with one attached hydrogen (secondary N) is 2. The number of alkyl halides is 3. The van der Waals surface area contributed by atoms with E-state index in [1.54, 1.807) is 7.05 Å². The minimum Gasteiger partial charge on any atom is -0.372 e. The van der Waals surface area contributed by atoms with Crippen molar-refractivity contribution in [3.63, 3.8) is 0 Å². The van der Waals surface area contributed by atoms with E-state index in [4.69, 9.17) is 0 Å². The summed E-state index contributed by atoms with van der Waals surface area (Å²) < 4.78 is 40.3. The van der Waals surface area contributed by atoms with Crippen LogP contribution in [0.1, 0.15) is 25.3 Å². The van der Waals surface area contributed by atoms with Gasteiger partial charge in [0.25, 0.3) is 0 Å². The summed E-state index contributed by atoms with van der Waals surface area (Å²) in [7, 11) is 1.67. The number of benzene rings is 1. The molecular weight excluding hydrogens is 319 g/mol. The Labute approximate surface area is 141 Å². The molecule has 1 atom stereocenters. The predicted octanol–water partition coefficient (Wildman–Crippen LogP) is 3.14. The maximum absolute atomic E-state index is 11.9. The number of hydrogen-bond acceptors (Lipinski definition) is 2. The van der Waals surface area contributed by atoms with Crippen molar-refractivity contribution in [1.29, 1.82) is 0 Å². The lowest BCUT2D eigenvalue weighted by atomic mass is 10.1. The molecular formula is C17H26F3N3O. The van der Waals surface area contributed by atoms with Crippen LogP contribution in [-0.4, -0.2) is 45.0 Å². The SMILES string of the molecule is CN=C(NCCCOCC(F)(F)F)NC(C)CCc1ccccc1. The van der Waals surface area contributed by atoms with E-state index in [0.29, 0.717) is 18.9 Å². The quantitative estimate of drug-likeness (QED) is 0.411. The van der Waals surface area contributed by atoms with Crippen LogP contribution in [0.25, 0.3) is 0 Å². The summed E-state index contributed by atoms with van der Waals surface area (Å²) >= 11 is 0. The van der Waals surface area contributed by atoms with E-state index < -0.39 is 12.8 Å². The van der Waals surface area contributed by atoms with Gasteiger partial charge in [0, 0.05) is 26.2 Å². The van der Waals surface area contributed by atoms with Crippen molar-refractivity contribution >= 4 is 5.96 Å². The second-order valence-corrected chi connectivity index (χ2v) is 5.59. The molecule has 0 aliphatic carbocycles. The summed E-state index contributed by atoms with van der Waals surface area (Å²) in [5.41, 5.74) is 1.29. The first kappa shape index (κ1) is 20.3. The Morgan fingerprint density at radius 2 is 1.96 bits per heavy atom. The fraction of sp³-hybridized carbons (Fsp3) is 0.588. The summed E-state index contributed by atoms with van der Waals surface area (Å²) in [6, 6.07) is 10.5. The Morgan fingerprint density at radius 1 is 1.25 bits per heavy atom. The van der Waals surface area contributed by atoms with Crippen LogP contribution in [0.15, 0.2) is 35.3 Å². The molecule has 0 amide bonds. The molecule has 0 saturated heterocycles. The molecule has 2 N–H and O–H groups in total. The lowest BCUT2D eigenvalue weighted by Gasteiger charge is -2.18. The zero-order valence-electron chi connectivity index (χ0n) is 14.2. The molecule has 136 valence electrons. The monoisotopic (exact) mass is 345 g/mol. The van der Waals surface area contributed by atoms with E-state index >= 15 is 0 Å². The molecule has 4 nitrogen and oxygen atoms in total. The lowest BCUT2D eigenvalue weighted by Crippen LogP contribution is -2.42. The van der Waals surface area contributed by atoms with Crippen molar-refractivity contribution in [3.8, 4) is 0 Å². The van der Waals surface area contributed by atoms with E-state index in [1.807, 2.05) is 18.2 Å². The summed E-state index contributed by atoms with van der Waals surface area (Å²) in [6.45, 7) is 1.44. The number of nitrogens with zero attached hydrogens (tertiary/aromatic N) is 1. The zero-order valence-corrected chi connectivity index (χ0v) is 14.2. The second kappa shape index (κ2) is 10.9. The first-order valence-electron chi connectivity index (χ1n) is 8.06. The molecule has 0 aromatic heterocycles. The third-order valence-corrected chi connectivity index (χ3v) is 3.34. The number of halogens is 3. The molecule has 0 aliphatic heterocycles. The van der Waals surface area contributed by atoms with Gasteiger partial charge < -0.3 is 15.4 Å². The Hall–Kier alpha value is -1.76. The Balaban J connectivity index is 2.15. The number of ether oxygens (including phenoxy) is 1. The minimum atomic E-state index is -4.26. The average Bonchev–Trinajstić information content (AvgIpc) is 2.55. The van der Waals surface area contributed by atoms with Crippen molar-refractivity contribution in [3.05, 3.63) is 35.9 Å². The fourth-order valence-corrected chi connectivity index (χ4v) is 2.10. The molecule has 1 rings (SSSR count). The first-order valence-corrected chi connectivity index (χ1v) is 8.06. The Kier molecular flexibility index (Phi) is 9.22. The summed E-state index contributed by atoms with van der Waals surface area (Å²) in [5.74, 6) is 0.645. The molecule has 0 bridgehead atoms. The highest BCUT2D eigenvalue weighted by Gasteiger charge is 2.27. The molecule has 1 aromatic carbocycles. The standard InChI is InChI=1S/C17H26F3N3O/c1-14(9-10-15-7-4-3-5-8-15)23-16(21-2)22-11-6-12-24-13-17(18,19)20/h3-5,7-8,14H,6,9-13H2,1-2H3,(H2,21,22,23). The lowest BCUT2D eigenvalue weighted by molar-refractivity contribution is -0.173. The van der Waals surface area contributed by atoms with E-state index in [1.165, 1.54) is 5.56 Å². The van der Waals surface area contributed by atoms with Gasteiger partial charge in [-0.1, -0.05) is 30.3 Å². The third-order valence-electron chi connectivity index (χ3n) is 3.34. The molecule has 0 spiro atoms. The number of guanidine groups is 1. The number of rotatable bonds is 9. The van der Waals surface area contributed by atoms with Crippen molar-refractivity contribution < 1.29 is 17.9 Å². The fourth-order valence-electron chi connectivity index (χ4n) is 2.10. The van der Waals surface area contributed by atoms with Gasteiger partial charge in [-0.2, -0.15) is 13.2 Å². The highest BCUT2D eigenvalue weighted by molar-refractivity contribution is 5.79. The Morgan fingerprint density at radius 3 is 2.58 bits per heavy atom. The number of aryl methyl sites for hydroxylation is 1. The molecule has 24 heavy (non-hydrogen) atoms. The van der Waals surface area contributed by atoms with Crippen molar-refractivity contribution in [1.82, 2.24) is 10.6 Å². The van der Waals surface area contributed by atoms with Crippen LogP contribution in [0.2, 0.25) is 0 Å². The number of hydrogen-bond donors (Lipinski definition) is 2. The number of aliphatic imine (C=N–C) groups is 1. The minimum absolute atomic E-state index is 0.0626. The van der Waals surface area contributed by atoms with Gasteiger partial charge in [0.1, 0.15) is 6.61 Å². The van der Waals surface area contributed by atoms with Crippen molar-refractivity contribution in [2.45, 2.75) is 38.4 Å². The van der Waals surface area contributed by atoms with E-state index in [0.717, 1.165) is 12.8 Å². The van der Waals surface area contributed by atoms with Crippen molar-refractivity contribution in [2.24, 2.45) is 4.99 Å². The van der Waals surface area contributed by atoms with Crippen LogP contribution in [0.5, 0.6) is 0 Å². The van der Waals surface area contributed by atoms with Gasteiger partial charge in [-0.15, -0.1) is 0 Å². The van der Waals surface area contributed by atoms with Crippen molar-refractivity contribution in [2.75, 3.05) is 26.8 Å². The molecule has 1 aromatic rings. The van der Waals surface area contributed by atoms with Crippen LogP contribution in [0, 0.1) is 0 Å². The van der Waals surface area contributed by atoms with Gasteiger partial charge in [-0.3, -0.25) is 4.99 Å². The van der Waals surface area contributed by atoms with Gasteiger partial charge in [0.2, 0.25) is 0 Å². The molecule has 0 saturated carbocycles. The smallest absolute Gasteiger partial charge is 0.372 e. The largest absolute Gasteiger partial charge is 0.411 e. The average molecular weight is 345 g/mol. The van der Waals surface area contributed by atoms with Crippen LogP contribution in [0.4, 0.5) is 13.2 Å². The van der Waals surface area contributed by atoms with Gasteiger partial charge >= 0.3 is 6.18 Å². The molecule has 0 fully saturated rings. The Bertz CT molecular complexity index is 478. The predicted molar refractivity (Wildman–Crippen MR) is 90.2 cm³/mol. The third kappa shape index (κ3) is 10.1. The van der Waals surface area contributed by atoms with E-state index in [-0.39, 0.29) is 12.6 Å². The molecule has 7 heteroatoms. The first-order chi connectivity index (χ1) is 11.4. The topological polar surface area (TPSA) is 45.7 Å². The van der Waals surface area contributed by atoms with Gasteiger partial charge in [0.15, 0.2) is 5.96 Å². The summed E-state index contributed by atoms with van der Waals surface area (Å²) in [4.78, 5) is 4.11. The van der Waals surface area contributed by atoms with Gasteiger partial charge in [-0.05, 0) is 31.7 Å². The van der Waals surface area contributed by atoms with Gasteiger partial charge in [0.05, 0.1) is 0 Å². The van der Waals surface area contributed by atoms with E-state index in [2.05, 4.69) is 39.4 Å². The van der Waals surface area contributed by atoms with E-state index in [9.17, 15) is 13.2 Å². The molecule has 0 heterocycles. The molecule has 0 aliphatic rings. The van der Waals surface area contributed by atoms with Crippen LogP contribution in [0.3, 0.4) is 0 Å². The second-order valence-electron chi connectivity index (χ2n) is 5.59. The van der Waals surface area contributed by atoms with Crippen LogP contribution in [-0.2, 0) is 11.2 Å². The van der Waals surface area contributed by atoms with Crippen LogP contribution < -0.4 is 10.6 Å². The maximum Gasteiger partial charge on any atom is 0.411 e. The van der Waals surface area contributed by atoms with Gasteiger partial charge in [-0.25, -0.2) is 0 Å². The highest BCUT2D eigenvalue weighted by Crippen LogP contribution is 2.14. The zero-order chi connectivity index (χ0) is 17.8. The summed E-state index contributed by atoms with van der Waals surface area (Å²) in [5, 5.41) is 6.34. The summed E-state index contributed by atoms with van der Waals surface area (Å²) in [6.07, 6.45) is -1.86. The highest BCUT2D eigenvalue weighted by atomic mass is 19.4. The van der Waals surface area contributed by atoms with Crippen LogP contribution >= 0.6 is 0 Å². The maximum atomic E-state index is 11.9. The normalized spacial score (nSPS) is 13.6. The molecule has 1 unspecified atom stereocenters. The molecule has 0 radical (unpaired) electrons.